The third kappa shape index (κ3) is 3.97. The zero-order chi connectivity index (χ0) is 18.5. The molecule has 0 aromatic heterocycles. The van der Waals surface area contributed by atoms with Gasteiger partial charge in [-0.15, -0.1) is 0 Å². The van der Waals surface area contributed by atoms with Crippen LogP contribution in [-0.4, -0.2) is 24.0 Å². The average molecular weight is 370 g/mol. The fourth-order valence-electron chi connectivity index (χ4n) is 2.76. The first-order valence-electron chi connectivity index (χ1n) is 7.90. The molecule has 2 N–H and O–H groups in total. The van der Waals surface area contributed by atoms with Crippen molar-refractivity contribution in [3.05, 3.63) is 66.7 Å². The molecule has 0 aliphatic carbocycles. The standard InChI is InChI=1S/C20H19O5P/c1-23-16-10-6-14(7-11-16)18-4-3-5-19(25-26(21)22)20(18)15-8-12-17(24-2)13-9-15/h3-13,21-22H,1-2H3. The predicted molar refractivity (Wildman–Crippen MR) is 102 cm³/mol. The topological polar surface area (TPSA) is 68.2 Å². The van der Waals surface area contributed by atoms with E-state index < -0.39 is 8.60 Å². The van der Waals surface area contributed by atoms with Crippen LogP contribution in [0.5, 0.6) is 17.2 Å². The Morgan fingerprint density at radius 3 is 1.73 bits per heavy atom. The van der Waals surface area contributed by atoms with Gasteiger partial charge in [-0.2, -0.15) is 0 Å². The van der Waals surface area contributed by atoms with E-state index in [1.54, 1.807) is 20.3 Å². The van der Waals surface area contributed by atoms with Gasteiger partial charge < -0.3 is 23.8 Å². The zero-order valence-corrected chi connectivity index (χ0v) is 15.3. The van der Waals surface area contributed by atoms with E-state index in [2.05, 4.69) is 0 Å². The summed E-state index contributed by atoms with van der Waals surface area (Å²) in [5.41, 5.74) is 3.52. The molecule has 3 aromatic carbocycles. The van der Waals surface area contributed by atoms with Crippen molar-refractivity contribution in [1.29, 1.82) is 0 Å². The van der Waals surface area contributed by atoms with Crippen molar-refractivity contribution in [2.75, 3.05) is 14.2 Å². The molecule has 0 bridgehead atoms. The molecule has 0 saturated heterocycles. The first-order valence-corrected chi connectivity index (χ1v) is 9.06. The van der Waals surface area contributed by atoms with Crippen LogP contribution in [0.2, 0.25) is 0 Å². The van der Waals surface area contributed by atoms with Crippen molar-refractivity contribution in [2.24, 2.45) is 0 Å². The quantitative estimate of drug-likeness (QED) is 0.620. The zero-order valence-electron chi connectivity index (χ0n) is 14.4. The van der Waals surface area contributed by atoms with Gasteiger partial charge in [0.15, 0.2) is 0 Å². The summed E-state index contributed by atoms with van der Waals surface area (Å²) < 4.78 is 15.7. The summed E-state index contributed by atoms with van der Waals surface area (Å²) >= 11 is 0. The molecular weight excluding hydrogens is 351 g/mol. The number of hydrogen-bond donors (Lipinski definition) is 2. The van der Waals surface area contributed by atoms with Crippen molar-refractivity contribution in [2.45, 2.75) is 0 Å². The minimum atomic E-state index is -2.53. The Morgan fingerprint density at radius 1 is 0.692 bits per heavy atom. The average Bonchev–Trinajstić information content (AvgIpc) is 2.67. The van der Waals surface area contributed by atoms with E-state index in [-0.39, 0.29) is 0 Å². The molecule has 0 heterocycles. The van der Waals surface area contributed by atoms with Crippen molar-refractivity contribution < 1.29 is 23.8 Å². The van der Waals surface area contributed by atoms with Crippen LogP contribution in [0.3, 0.4) is 0 Å². The molecule has 3 aromatic rings. The molecule has 0 aliphatic rings. The predicted octanol–water partition coefficient (Wildman–Crippen LogP) is 4.63. The molecule has 0 amide bonds. The molecule has 26 heavy (non-hydrogen) atoms. The number of hydrogen-bond acceptors (Lipinski definition) is 5. The number of methoxy groups -OCH3 is 2. The van der Waals surface area contributed by atoms with Gasteiger partial charge in [-0.25, -0.2) is 0 Å². The third-order valence-corrected chi connectivity index (χ3v) is 4.35. The monoisotopic (exact) mass is 370 g/mol. The molecule has 6 heteroatoms. The van der Waals surface area contributed by atoms with Gasteiger partial charge in [0.2, 0.25) is 0 Å². The normalized spacial score (nSPS) is 10.7. The van der Waals surface area contributed by atoms with E-state index in [1.165, 1.54) is 0 Å². The fourth-order valence-corrected chi connectivity index (χ4v) is 3.09. The maximum Gasteiger partial charge on any atom is 0.391 e. The number of rotatable bonds is 6. The highest BCUT2D eigenvalue weighted by Crippen LogP contribution is 2.43. The molecule has 0 radical (unpaired) electrons. The Morgan fingerprint density at radius 2 is 1.23 bits per heavy atom. The molecule has 0 saturated carbocycles. The third-order valence-electron chi connectivity index (χ3n) is 3.99. The highest BCUT2D eigenvalue weighted by molar-refractivity contribution is 7.39. The van der Waals surface area contributed by atoms with E-state index in [4.69, 9.17) is 14.0 Å². The van der Waals surface area contributed by atoms with Gasteiger partial charge in [-0.3, -0.25) is 0 Å². The Bertz CT molecular complexity index is 860. The maximum atomic E-state index is 9.35. The lowest BCUT2D eigenvalue weighted by molar-refractivity contribution is 0.375. The SMILES string of the molecule is COc1ccc(-c2cccc(OP(O)O)c2-c2ccc(OC)cc2)cc1. The van der Waals surface area contributed by atoms with Gasteiger partial charge in [0.05, 0.1) is 14.2 Å². The van der Waals surface area contributed by atoms with Gasteiger partial charge >= 0.3 is 8.60 Å². The van der Waals surface area contributed by atoms with Crippen LogP contribution in [0, 0.1) is 0 Å². The Kier molecular flexibility index (Phi) is 5.74. The first kappa shape index (κ1) is 18.2. The minimum Gasteiger partial charge on any atom is -0.497 e. The molecular formula is C20H19O5P. The fraction of sp³-hybridized carbons (Fsp3) is 0.100. The summed E-state index contributed by atoms with van der Waals surface area (Å²) in [5, 5.41) is 0. The Labute approximate surface area is 153 Å². The lowest BCUT2D eigenvalue weighted by Crippen LogP contribution is -1.93. The molecule has 0 atom stereocenters. The van der Waals surface area contributed by atoms with E-state index in [0.717, 1.165) is 33.8 Å². The minimum absolute atomic E-state index is 0.402. The maximum absolute atomic E-state index is 9.35. The van der Waals surface area contributed by atoms with Crippen LogP contribution < -0.4 is 14.0 Å². The second-order valence-electron chi connectivity index (χ2n) is 5.48. The molecule has 134 valence electrons. The van der Waals surface area contributed by atoms with E-state index >= 15 is 0 Å². The van der Waals surface area contributed by atoms with E-state index in [0.29, 0.717) is 5.75 Å². The van der Waals surface area contributed by atoms with Gasteiger partial charge in [-0.05, 0) is 47.0 Å². The van der Waals surface area contributed by atoms with Gasteiger partial charge in [0.1, 0.15) is 17.2 Å². The number of benzene rings is 3. The Hall–Kier alpha value is -2.59. The molecule has 0 fully saturated rings. The molecule has 0 aliphatic heterocycles. The summed E-state index contributed by atoms with van der Waals surface area (Å²) in [6, 6.07) is 20.7. The summed E-state index contributed by atoms with van der Waals surface area (Å²) in [5.74, 6) is 1.91. The summed E-state index contributed by atoms with van der Waals surface area (Å²) in [7, 11) is 0.706. The molecule has 5 nitrogen and oxygen atoms in total. The largest absolute Gasteiger partial charge is 0.497 e. The van der Waals surface area contributed by atoms with Crippen molar-refractivity contribution >= 4 is 8.60 Å². The van der Waals surface area contributed by atoms with E-state index in [9.17, 15) is 9.79 Å². The van der Waals surface area contributed by atoms with Crippen LogP contribution in [0.4, 0.5) is 0 Å². The number of ether oxygens (including phenoxy) is 2. The van der Waals surface area contributed by atoms with Crippen LogP contribution in [-0.2, 0) is 0 Å². The second-order valence-corrected chi connectivity index (χ2v) is 6.17. The van der Waals surface area contributed by atoms with Crippen LogP contribution in [0.25, 0.3) is 22.3 Å². The van der Waals surface area contributed by atoms with Crippen LogP contribution in [0.1, 0.15) is 0 Å². The lowest BCUT2D eigenvalue weighted by atomic mass is 9.93. The van der Waals surface area contributed by atoms with E-state index in [1.807, 2.05) is 60.7 Å². The van der Waals surface area contributed by atoms with Crippen molar-refractivity contribution in [3.8, 4) is 39.5 Å². The van der Waals surface area contributed by atoms with Gasteiger partial charge in [0.25, 0.3) is 0 Å². The molecule has 0 unspecified atom stereocenters. The highest BCUT2D eigenvalue weighted by Gasteiger charge is 2.16. The summed E-state index contributed by atoms with van der Waals surface area (Å²) in [6.45, 7) is 0. The lowest BCUT2D eigenvalue weighted by Gasteiger charge is -2.16. The summed E-state index contributed by atoms with van der Waals surface area (Å²) in [6.07, 6.45) is 0. The molecule has 0 spiro atoms. The Balaban J connectivity index is 2.16. The van der Waals surface area contributed by atoms with Gasteiger partial charge in [0, 0.05) is 5.56 Å². The summed E-state index contributed by atoms with van der Waals surface area (Å²) in [4.78, 5) is 18.7. The van der Waals surface area contributed by atoms with Gasteiger partial charge in [-0.1, -0.05) is 36.4 Å². The second kappa shape index (κ2) is 8.19. The first-order chi connectivity index (χ1) is 12.6. The van der Waals surface area contributed by atoms with Crippen molar-refractivity contribution in [1.82, 2.24) is 0 Å². The smallest absolute Gasteiger partial charge is 0.391 e. The highest BCUT2D eigenvalue weighted by atomic mass is 31.2. The van der Waals surface area contributed by atoms with Crippen molar-refractivity contribution in [3.63, 3.8) is 0 Å². The van der Waals surface area contributed by atoms with Crippen LogP contribution in [0.15, 0.2) is 66.7 Å². The van der Waals surface area contributed by atoms with Crippen LogP contribution >= 0.6 is 8.60 Å². The molecule has 3 rings (SSSR count).